The molecule has 0 saturated heterocycles. The van der Waals surface area contributed by atoms with E-state index in [1.54, 1.807) is 23.0 Å². The Balaban J connectivity index is 1.67. The van der Waals surface area contributed by atoms with Gasteiger partial charge in [0.05, 0.1) is 16.9 Å². The van der Waals surface area contributed by atoms with Crippen LogP contribution in [-0.2, 0) is 0 Å². The first-order valence-electron chi connectivity index (χ1n) is 8.57. The van der Waals surface area contributed by atoms with E-state index >= 15 is 0 Å². The van der Waals surface area contributed by atoms with Crippen molar-refractivity contribution in [1.29, 1.82) is 0 Å². The van der Waals surface area contributed by atoms with E-state index < -0.39 is 0 Å². The van der Waals surface area contributed by atoms with Gasteiger partial charge in [-0.1, -0.05) is 23.9 Å². The Morgan fingerprint density at radius 2 is 2.04 bits per heavy atom. The summed E-state index contributed by atoms with van der Waals surface area (Å²) in [7, 11) is 0. The van der Waals surface area contributed by atoms with Gasteiger partial charge in [0.15, 0.2) is 5.52 Å². The fourth-order valence-electron chi connectivity index (χ4n) is 3.14. The van der Waals surface area contributed by atoms with Crippen LogP contribution in [-0.4, -0.2) is 28.9 Å². The number of aromatic nitrogens is 6. The zero-order chi connectivity index (χ0) is 19.3. The Labute approximate surface area is 163 Å². The minimum atomic E-state index is -0.213. The van der Waals surface area contributed by atoms with Crippen LogP contribution >= 0.6 is 11.5 Å². The maximum Gasteiger partial charge on any atom is 0.284 e. The zero-order valence-corrected chi connectivity index (χ0v) is 15.7. The molecular formula is C20H14N6OS. The molecule has 0 spiro atoms. The van der Waals surface area contributed by atoms with Gasteiger partial charge in [-0.05, 0) is 48.8 Å². The summed E-state index contributed by atoms with van der Waals surface area (Å²) in [4.78, 5) is 17.5. The smallest absolute Gasteiger partial charge is 0.272 e. The van der Waals surface area contributed by atoms with E-state index in [2.05, 4.69) is 26.2 Å². The van der Waals surface area contributed by atoms with Crippen LogP contribution in [0.4, 0.5) is 0 Å². The van der Waals surface area contributed by atoms with Gasteiger partial charge >= 0.3 is 0 Å². The van der Waals surface area contributed by atoms with E-state index in [1.165, 1.54) is 16.2 Å². The minimum Gasteiger partial charge on any atom is -0.272 e. The van der Waals surface area contributed by atoms with Crippen LogP contribution in [0, 0.1) is 6.92 Å². The molecule has 0 aliphatic heterocycles. The molecule has 0 amide bonds. The fourth-order valence-corrected chi connectivity index (χ4v) is 3.88. The Morgan fingerprint density at radius 3 is 2.86 bits per heavy atom. The molecule has 0 radical (unpaired) electrons. The summed E-state index contributed by atoms with van der Waals surface area (Å²) in [6.45, 7) is 6.05. The number of pyridine rings is 2. The first-order chi connectivity index (χ1) is 13.6. The number of nitrogens with zero attached hydrogens (tertiary/aromatic N) is 6. The normalized spacial score (nSPS) is 11.3. The van der Waals surface area contributed by atoms with Crippen molar-refractivity contribution in [1.82, 2.24) is 28.9 Å². The number of rotatable bonds is 3. The molecular weight excluding hydrogens is 372 g/mol. The molecule has 8 heteroatoms. The summed E-state index contributed by atoms with van der Waals surface area (Å²) < 4.78 is 7.32. The minimum absolute atomic E-state index is 0.213. The van der Waals surface area contributed by atoms with Crippen molar-refractivity contribution in [2.45, 2.75) is 6.92 Å². The lowest BCUT2D eigenvalue weighted by molar-refractivity contribution is 0.838. The third-order valence-electron chi connectivity index (χ3n) is 4.54. The molecule has 0 fully saturated rings. The van der Waals surface area contributed by atoms with Crippen LogP contribution < -0.4 is 5.56 Å². The monoisotopic (exact) mass is 386 g/mol. The van der Waals surface area contributed by atoms with E-state index in [9.17, 15) is 4.79 Å². The van der Waals surface area contributed by atoms with Crippen molar-refractivity contribution in [3.8, 4) is 5.00 Å². The van der Waals surface area contributed by atoms with Crippen molar-refractivity contribution in [3.05, 3.63) is 83.0 Å². The molecule has 1 aromatic carbocycles. The van der Waals surface area contributed by atoms with Crippen LogP contribution in [0.15, 0.2) is 66.2 Å². The fraction of sp³-hybridized carbons (Fsp3) is 0.0500. The van der Waals surface area contributed by atoms with Crippen LogP contribution in [0.5, 0.6) is 0 Å². The summed E-state index contributed by atoms with van der Waals surface area (Å²) in [5.41, 5.74) is 3.86. The van der Waals surface area contributed by atoms with Gasteiger partial charge in [-0.25, -0.2) is 4.68 Å². The first kappa shape index (κ1) is 16.5. The van der Waals surface area contributed by atoms with Crippen molar-refractivity contribution in [2.24, 2.45) is 0 Å². The van der Waals surface area contributed by atoms with E-state index in [0.29, 0.717) is 16.7 Å². The Hall–Kier alpha value is -3.65. The second kappa shape index (κ2) is 6.21. The van der Waals surface area contributed by atoms with Gasteiger partial charge in [0.2, 0.25) is 0 Å². The summed E-state index contributed by atoms with van der Waals surface area (Å²) >= 11 is 1.27. The highest BCUT2D eigenvalue weighted by Crippen LogP contribution is 2.22. The van der Waals surface area contributed by atoms with Gasteiger partial charge in [0.1, 0.15) is 10.5 Å². The van der Waals surface area contributed by atoms with Gasteiger partial charge in [0.25, 0.3) is 5.56 Å². The van der Waals surface area contributed by atoms with E-state index in [1.807, 2.05) is 43.3 Å². The van der Waals surface area contributed by atoms with Crippen LogP contribution in [0.3, 0.4) is 0 Å². The molecule has 0 N–H and O–H groups in total. The van der Waals surface area contributed by atoms with Crippen LogP contribution in [0.1, 0.15) is 11.3 Å². The third-order valence-corrected chi connectivity index (χ3v) is 5.42. The zero-order valence-electron chi connectivity index (χ0n) is 14.9. The molecule has 0 unspecified atom stereocenters. The Kier molecular flexibility index (Phi) is 3.66. The van der Waals surface area contributed by atoms with E-state index in [0.717, 1.165) is 27.2 Å². The lowest BCUT2D eigenvalue weighted by Crippen LogP contribution is -2.19. The van der Waals surface area contributed by atoms with Gasteiger partial charge in [-0.2, -0.15) is 4.37 Å². The van der Waals surface area contributed by atoms with Crippen molar-refractivity contribution < 1.29 is 0 Å². The summed E-state index contributed by atoms with van der Waals surface area (Å²) in [5, 5.41) is 10.1. The predicted octanol–water partition coefficient (Wildman–Crippen LogP) is 3.41. The van der Waals surface area contributed by atoms with Crippen molar-refractivity contribution in [2.75, 3.05) is 0 Å². The SMILES string of the molecule is C=C(c1ccc2ncccc2c1)n1nnc2ccn(-c3cc(C)ns3)c(=O)c21. The van der Waals surface area contributed by atoms with Crippen LogP contribution in [0.25, 0.3) is 32.6 Å². The molecule has 0 aliphatic rings. The first-order valence-corrected chi connectivity index (χ1v) is 9.34. The van der Waals surface area contributed by atoms with Gasteiger partial charge in [-0.15, -0.1) is 5.10 Å². The summed E-state index contributed by atoms with van der Waals surface area (Å²) in [5.74, 6) is 0. The lowest BCUT2D eigenvalue weighted by Gasteiger charge is -2.08. The molecule has 7 nitrogen and oxygen atoms in total. The van der Waals surface area contributed by atoms with Crippen molar-refractivity contribution in [3.63, 3.8) is 0 Å². The molecule has 0 saturated carbocycles. The number of hydrogen-bond donors (Lipinski definition) is 0. The standard InChI is InChI=1S/C20H14N6OS/c1-12-10-18(28-23-12)25-9-7-17-19(20(25)27)26(24-22-17)13(2)14-5-6-16-15(11-14)4-3-8-21-16/h3-11H,2H2,1H3. The predicted molar refractivity (Wildman–Crippen MR) is 110 cm³/mol. The van der Waals surface area contributed by atoms with Gasteiger partial charge < -0.3 is 0 Å². The molecule has 5 aromatic rings. The highest BCUT2D eigenvalue weighted by Gasteiger charge is 2.16. The third kappa shape index (κ3) is 2.54. The highest BCUT2D eigenvalue weighted by molar-refractivity contribution is 7.08. The second-order valence-electron chi connectivity index (χ2n) is 6.39. The number of hydrogen-bond acceptors (Lipinski definition) is 6. The maximum absolute atomic E-state index is 13.2. The lowest BCUT2D eigenvalue weighted by atomic mass is 10.1. The molecule has 136 valence electrons. The number of benzene rings is 1. The van der Waals surface area contributed by atoms with Gasteiger partial charge in [0, 0.05) is 23.3 Å². The van der Waals surface area contributed by atoms with Gasteiger partial charge in [-0.3, -0.25) is 14.3 Å². The van der Waals surface area contributed by atoms with E-state index in [-0.39, 0.29) is 5.56 Å². The van der Waals surface area contributed by atoms with E-state index in [4.69, 9.17) is 0 Å². The summed E-state index contributed by atoms with van der Waals surface area (Å²) in [6, 6.07) is 13.3. The largest absolute Gasteiger partial charge is 0.284 e. The quantitative estimate of drug-likeness (QED) is 0.475. The molecule has 4 heterocycles. The molecule has 0 atom stereocenters. The molecule has 0 bridgehead atoms. The number of aryl methyl sites for hydroxylation is 1. The molecule has 4 aromatic heterocycles. The molecule has 5 rings (SSSR count). The molecule has 28 heavy (non-hydrogen) atoms. The maximum atomic E-state index is 13.2. The van der Waals surface area contributed by atoms with Crippen LogP contribution in [0.2, 0.25) is 0 Å². The Morgan fingerprint density at radius 1 is 1.14 bits per heavy atom. The highest BCUT2D eigenvalue weighted by atomic mass is 32.1. The average molecular weight is 386 g/mol. The Bertz CT molecular complexity index is 1430. The topological polar surface area (TPSA) is 78.5 Å². The second-order valence-corrected chi connectivity index (χ2v) is 7.17. The summed E-state index contributed by atoms with van der Waals surface area (Å²) in [6.07, 6.45) is 3.45. The molecule has 0 aliphatic carbocycles. The number of fused-ring (bicyclic) bond motifs is 2. The van der Waals surface area contributed by atoms with Crippen molar-refractivity contribution >= 4 is 39.2 Å². The average Bonchev–Trinajstić information content (AvgIpc) is 3.34.